The van der Waals surface area contributed by atoms with Crippen molar-refractivity contribution in [2.75, 3.05) is 24.8 Å². The van der Waals surface area contributed by atoms with Crippen molar-refractivity contribution in [2.45, 2.75) is 18.9 Å². The van der Waals surface area contributed by atoms with Crippen LogP contribution in [0, 0.1) is 11.2 Å². The summed E-state index contributed by atoms with van der Waals surface area (Å²) in [5, 5.41) is 24.7. The Hall–Kier alpha value is -4.26. The van der Waals surface area contributed by atoms with Gasteiger partial charge in [-0.15, -0.1) is 16.9 Å². The zero-order valence-corrected chi connectivity index (χ0v) is 20.4. The molecule has 192 valence electrons. The number of hydrogen-bond donors (Lipinski definition) is 5. The van der Waals surface area contributed by atoms with E-state index in [2.05, 4.69) is 15.4 Å². The highest BCUT2D eigenvalue weighted by Crippen LogP contribution is 2.42. The SMILES string of the molecule is COc1cc(C(Nc2ccc(C(=N)N)cc2)c2nn(C3=C(C(=O)O)SCC3)c(=O)[nH]2)c(F)c2c1OCC2. The molecule has 2 aromatic carbocycles. The van der Waals surface area contributed by atoms with Crippen molar-refractivity contribution in [3.05, 3.63) is 74.1 Å². The average Bonchev–Trinajstić information content (AvgIpc) is 3.63. The van der Waals surface area contributed by atoms with Gasteiger partial charge in [-0.1, -0.05) is 0 Å². The Bertz CT molecular complexity index is 1500. The summed E-state index contributed by atoms with van der Waals surface area (Å²) in [6.07, 6.45) is 0.696. The van der Waals surface area contributed by atoms with E-state index < -0.39 is 23.5 Å². The number of H-pyrrole nitrogens is 1. The van der Waals surface area contributed by atoms with Crippen LogP contribution in [0.3, 0.4) is 0 Å². The van der Waals surface area contributed by atoms with E-state index in [0.29, 0.717) is 53.5 Å². The first-order valence-corrected chi connectivity index (χ1v) is 12.3. The summed E-state index contributed by atoms with van der Waals surface area (Å²) in [5.74, 6) is -0.495. The summed E-state index contributed by atoms with van der Waals surface area (Å²) in [6, 6.07) is 7.12. The summed E-state index contributed by atoms with van der Waals surface area (Å²) < 4.78 is 27.9. The van der Waals surface area contributed by atoms with Crippen LogP contribution in [0.4, 0.5) is 10.1 Å². The van der Waals surface area contributed by atoms with Crippen LogP contribution in [0.25, 0.3) is 5.70 Å². The molecule has 3 aromatic rings. The number of amidine groups is 1. The third kappa shape index (κ3) is 4.42. The Morgan fingerprint density at radius 1 is 1.38 bits per heavy atom. The van der Waals surface area contributed by atoms with E-state index in [1.807, 2.05) is 0 Å². The molecule has 37 heavy (non-hydrogen) atoms. The first-order valence-electron chi connectivity index (χ1n) is 11.3. The predicted octanol–water partition coefficient (Wildman–Crippen LogP) is 2.53. The fourth-order valence-electron chi connectivity index (χ4n) is 4.38. The minimum Gasteiger partial charge on any atom is -0.493 e. The highest BCUT2D eigenvalue weighted by molar-refractivity contribution is 8.04. The number of aromatic nitrogens is 3. The molecule has 0 fully saturated rings. The third-order valence-corrected chi connectivity index (χ3v) is 7.25. The summed E-state index contributed by atoms with van der Waals surface area (Å²) in [6.45, 7) is 0.311. The number of carbonyl (C=O) groups is 1. The number of fused-ring (bicyclic) bond motifs is 1. The minimum absolute atomic E-state index is 0.0482. The molecule has 0 aliphatic carbocycles. The van der Waals surface area contributed by atoms with Gasteiger partial charge in [-0.3, -0.25) is 10.4 Å². The van der Waals surface area contributed by atoms with Gasteiger partial charge in [0.25, 0.3) is 0 Å². The first-order chi connectivity index (χ1) is 17.8. The van der Waals surface area contributed by atoms with Gasteiger partial charge in [0.15, 0.2) is 17.3 Å². The van der Waals surface area contributed by atoms with E-state index in [9.17, 15) is 14.7 Å². The Balaban J connectivity index is 1.64. The van der Waals surface area contributed by atoms with Gasteiger partial charge in [0.05, 0.1) is 19.4 Å². The molecule has 2 aliphatic rings. The van der Waals surface area contributed by atoms with Crippen molar-refractivity contribution in [3.8, 4) is 11.5 Å². The second kappa shape index (κ2) is 9.65. The number of aliphatic carboxylic acids is 1. The van der Waals surface area contributed by atoms with Gasteiger partial charge in [-0.2, -0.15) is 4.68 Å². The first kappa shape index (κ1) is 24.4. The van der Waals surface area contributed by atoms with Gasteiger partial charge in [-0.05, 0) is 30.3 Å². The van der Waals surface area contributed by atoms with Gasteiger partial charge in [0.1, 0.15) is 22.6 Å². The van der Waals surface area contributed by atoms with E-state index in [1.165, 1.54) is 13.2 Å². The Morgan fingerprint density at radius 3 is 2.81 bits per heavy atom. The van der Waals surface area contributed by atoms with Crippen LogP contribution in [0.2, 0.25) is 0 Å². The fraction of sp³-hybridized carbons (Fsp3) is 0.250. The molecule has 0 bridgehead atoms. The van der Waals surface area contributed by atoms with Crippen molar-refractivity contribution >= 4 is 35.0 Å². The highest BCUT2D eigenvalue weighted by atomic mass is 32.2. The number of nitrogens with one attached hydrogen (secondary N) is 3. The van der Waals surface area contributed by atoms with E-state index >= 15 is 4.39 Å². The molecule has 3 heterocycles. The molecule has 0 saturated carbocycles. The minimum atomic E-state index is -1.14. The number of carboxylic acids is 1. The maximum atomic E-state index is 15.8. The molecule has 0 radical (unpaired) electrons. The lowest BCUT2D eigenvalue weighted by Crippen LogP contribution is -2.18. The van der Waals surface area contributed by atoms with Gasteiger partial charge in [-0.25, -0.2) is 14.0 Å². The second-order valence-electron chi connectivity index (χ2n) is 8.36. The van der Waals surface area contributed by atoms with Crippen molar-refractivity contribution in [1.29, 1.82) is 5.41 Å². The molecule has 0 spiro atoms. The fourth-order valence-corrected chi connectivity index (χ4v) is 5.36. The van der Waals surface area contributed by atoms with Crippen molar-refractivity contribution in [1.82, 2.24) is 14.8 Å². The van der Waals surface area contributed by atoms with Gasteiger partial charge >= 0.3 is 11.7 Å². The normalized spacial score (nSPS) is 15.3. The van der Waals surface area contributed by atoms with Crippen LogP contribution in [0.5, 0.6) is 11.5 Å². The van der Waals surface area contributed by atoms with Crippen LogP contribution in [0.15, 0.2) is 40.0 Å². The maximum absolute atomic E-state index is 15.8. The summed E-state index contributed by atoms with van der Waals surface area (Å²) in [4.78, 5) is 27.3. The van der Waals surface area contributed by atoms with Gasteiger partial charge < -0.3 is 25.6 Å². The zero-order valence-electron chi connectivity index (χ0n) is 19.6. The molecule has 1 unspecified atom stereocenters. The van der Waals surface area contributed by atoms with E-state index in [1.54, 1.807) is 24.3 Å². The number of halogens is 1. The number of carboxylic acid groups (broad SMARTS) is 1. The van der Waals surface area contributed by atoms with E-state index in [-0.39, 0.29) is 27.8 Å². The van der Waals surface area contributed by atoms with Crippen LogP contribution in [-0.2, 0) is 11.2 Å². The number of nitrogens with zero attached hydrogens (tertiary/aromatic N) is 2. The van der Waals surface area contributed by atoms with Crippen molar-refractivity contribution < 1.29 is 23.8 Å². The number of ether oxygens (including phenoxy) is 2. The van der Waals surface area contributed by atoms with Gasteiger partial charge in [0, 0.05) is 41.0 Å². The highest BCUT2D eigenvalue weighted by Gasteiger charge is 2.32. The topological polar surface area (TPSA) is 168 Å². The third-order valence-electron chi connectivity index (χ3n) is 6.14. The molecule has 13 heteroatoms. The molecule has 5 rings (SSSR count). The molecule has 1 atom stereocenters. The number of benzene rings is 2. The number of thioether (sulfide) groups is 1. The molecular formula is C24H23FN6O5S. The number of rotatable bonds is 8. The number of aromatic amines is 1. The smallest absolute Gasteiger partial charge is 0.347 e. The maximum Gasteiger partial charge on any atom is 0.347 e. The second-order valence-corrected chi connectivity index (χ2v) is 9.47. The van der Waals surface area contributed by atoms with Gasteiger partial charge in [0.2, 0.25) is 0 Å². The molecule has 1 aromatic heterocycles. The molecule has 0 amide bonds. The monoisotopic (exact) mass is 526 g/mol. The van der Waals surface area contributed by atoms with Crippen molar-refractivity contribution in [3.63, 3.8) is 0 Å². The largest absolute Gasteiger partial charge is 0.493 e. The van der Waals surface area contributed by atoms with E-state index in [0.717, 1.165) is 16.4 Å². The van der Waals surface area contributed by atoms with E-state index in [4.69, 9.17) is 20.6 Å². The lowest BCUT2D eigenvalue weighted by Gasteiger charge is -2.21. The number of allylic oxidation sites excluding steroid dienone is 1. The Labute approximate surface area is 214 Å². The number of hydrogen-bond acceptors (Lipinski definition) is 8. The van der Waals surface area contributed by atoms with Crippen LogP contribution in [0.1, 0.15) is 35.0 Å². The number of anilines is 1. The lowest BCUT2D eigenvalue weighted by molar-refractivity contribution is -0.131. The number of nitrogens with two attached hydrogens (primary N) is 1. The molecule has 2 aliphatic heterocycles. The standard InChI is InChI=1S/C24H23FN6O5S/c1-35-16-10-14(17(25)13-6-8-36-19(13)16)18(28-12-4-2-11(3-5-12)21(26)27)22-29-24(34)31(30-22)15-7-9-37-20(15)23(32)33/h2-5,10,18,28H,6-9H2,1H3,(H3,26,27)(H,32,33)(H,29,30,34). The van der Waals surface area contributed by atoms with Crippen LogP contribution in [-0.4, -0.2) is 51.1 Å². The average molecular weight is 527 g/mol. The number of methoxy groups -OCH3 is 1. The summed E-state index contributed by atoms with van der Waals surface area (Å²) in [7, 11) is 1.45. The molecule has 0 saturated heterocycles. The van der Waals surface area contributed by atoms with Crippen molar-refractivity contribution in [2.24, 2.45) is 5.73 Å². The molecule has 11 nitrogen and oxygen atoms in total. The van der Waals surface area contributed by atoms with Crippen LogP contribution >= 0.6 is 11.8 Å². The zero-order chi connectivity index (χ0) is 26.3. The Morgan fingerprint density at radius 2 is 2.14 bits per heavy atom. The molecular weight excluding hydrogens is 503 g/mol. The quantitative estimate of drug-likeness (QED) is 0.219. The number of nitrogen functional groups attached to an aromatic ring is 1. The molecule has 6 N–H and O–H groups in total. The summed E-state index contributed by atoms with van der Waals surface area (Å²) in [5.41, 5.74) is 6.76. The lowest BCUT2D eigenvalue weighted by atomic mass is 9.99. The van der Waals surface area contributed by atoms with Crippen LogP contribution < -0.4 is 26.2 Å². The summed E-state index contributed by atoms with van der Waals surface area (Å²) >= 11 is 1.14. The Kier molecular flexibility index (Phi) is 6.38. The predicted molar refractivity (Wildman–Crippen MR) is 136 cm³/mol.